The predicted octanol–water partition coefficient (Wildman–Crippen LogP) is 3.65. The summed E-state index contributed by atoms with van der Waals surface area (Å²) in [6, 6.07) is 9.32. The third-order valence-corrected chi connectivity index (χ3v) is 5.48. The van der Waals surface area contributed by atoms with Gasteiger partial charge in [0, 0.05) is 23.3 Å². The quantitative estimate of drug-likeness (QED) is 0.369. The van der Waals surface area contributed by atoms with Gasteiger partial charge in [0.15, 0.2) is 5.65 Å². The average Bonchev–Trinajstić information content (AvgIpc) is 3.35. The van der Waals surface area contributed by atoms with Gasteiger partial charge in [-0.05, 0) is 42.5 Å². The summed E-state index contributed by atoms with van der Waals surface area (Å²) in [5.74, 6) is -0.987. The molecule has 36 heavy (non-hydrogen) atoms. The number of nitrogens with zero attached hydrogens (tertiary/aromatic N) is 7. The van der Waals surface area contributed by atoms with E-state index in [0.717, 1.165) is 6.07 Å². The molecule has 0 saturated carbocycles. The maximum atomic E-state index is 14.3. The number of carbonyl (C=O) groups excluding carboxylic acids is 1. The standard InChI is InChI=1S/C23H16F4N8O/c24-17-2-1-7-29-19(17)11-34(10-15-5-4-14(9-30-15)23(25,26)27)21(36)13-3-6-18-16(8-13)20-33-31-12-35(20)22(28)32-18/h1-9,12H,10-11H2,(H2,28,32). The van der Waals surface area contributed by atoms with Gasteiger partial charge in [-0.1, -0.05) is 0 Å². The van der Waals surface area contributed by atoms with Crippen LogP contribution in [0, 0.1) is 5.82 Å². The second-order valence-electron chi connectivity index (χ2n) is 7.86. The number of alkyl halides is 3. The molecule has 1 aromatic carbocycles. The van der Waals surface area contributed by atoms with Crippen molar-refractivity contribution >= 4 is 28.4 Å². The van der Waals surface area contributed by atoms with Crippen LogP contribution in [0.5, 0.6) is 0 Å². The van der Waals surface area contributed by atoms with Crippen LogP contribution in [-0.4, -0.2) is 40.4 Å². The lowest BCUT2D eigenvalue weighted by atomic mass is 10.1. The molecule has 0 radical (unpaired) electrons. The normalized spacial score (nSPS) is 11.8. The lowest BCUT2D eigenvalue weighted by Crippen LogP contribution is -2.31. The predicted molar refractivity (Wildman–Crippen MR) is 120 cm³/mol. The van der Waals surface area contributed by atoms with E-state index in [9.17, 15) is 22.4 Å². The van der Waals surface area contributed by atoms with Crippen LogP contribution in [0.2, 0.25) is 0 Å². The van der Waals surface area contributed by atoms with Gasteiger partial charge in [-0.25, -0.2) is 9.37 Å². The number of fused-ring (bicyclic) bond motifs is 3. The fourth-order valence-corrected chi connectivity index (χ4v) is 3.69. The Morgan fingerprint density at radius 1 is 1.08 bits per heavy atom. The molecule has 0 spiro atoms. The Morgan fingerprint density at radius 3 is 2.64 bits per heavy atom. The number of nitrogen functional groups attached to an aromatic ring is 1. The van der Waals surface area contributed by atoms with Gasteiger partial charge in [-0.15, -0.1) is 10.2 Å². The molecule has 0 unspecified atom stereocenters. The lowest BCUT2D eigenvalue weighted by Gasteiger charge is -2.23. The zero-order valence-electron chi connectivity index (χ0n) is 18.3. The first-order chi connectivity index (χ1) is 17.2. The first-order valence-corrected chi connectivity index (χ1v) is 10.5. The molecule has 1 amide bonds. The number of benzene rings is 1. The Bertz CT molecular complexity index is 1580. The van der Waals surface area contributed by atoms with Gasteiger partial charge >= 0.3 is 6.18 Å². The van der Waals surface area contributed by atoms with Crippen LogP contribution < -0.4 is 5.73 Å². The number of amides is 1. The average molecular weight is 496 g/mol. The number of hydrogen-bond acceptors (Lipinski definition) is 7. The van der Waals surface area contributed by atoms with E-state index in [-0.39, 0.29) is 36.0 Å². The van der Waals surface area contributed by atoms with Crippen LogP contribution in [0.3, 0.4) is 0 Å². The largest absolute Gasteiger partial charge is 0.417 e. The van der Waals surface area contributed by atoms with Crippen molar-refractivity contribution in [2.24, 2.45) is 0 Å². The zero-order valence-corrected chi connectivity index (χ0v) is 18.3. The number of pyridine rings is 2. The third kappa shape index (κ3) is 4.37. The second-order valence-corrected chi connectivity index (χ2v) is 7.86. The van der Waals surface area contributed by atoms with Gasteiger partial charge < -0.3 is 10.6 Å². The second kappa shape index (κ2) is 8.83. The molecular formula is C23H16F4N8O. The summed E-state index contributed by atoms with van der Waals surface area (Å²) in [4.78, 5) is 26.9. The van der Waals surface area contributed by atoms with Gasteiger partial charge in [0.1, 0.15) is 12.1 Å². The molecule has 5 aromatic rings. The first-order valence-electron chi connectivity index (χ1n) is 10.5. The topological polar surface area (TPSA) is 115 Å². The van der Waals surface area contributed by atoms with Crippen molar-refractivity contribution in [3.8, 4) is 0 Å². The molecule has 4 heterocycles. The summed E-state index contributed by atoms with van der Waals surface area (Å²) in [7, 11) is 0. The summed E-state index contributed by atoms with van der Waals surface area (Å²) < 4.78 is 54.6. The molecule has 0 aliphatic rings. The number of rotatable bonds is 5. The highest BCUT2D eigenvalue weighted by Crippen LogP contribution is 2.29. The summed E-state index contributed by atoms with van der Waals surface area (Å²) in [6.07, 6.45) is -1.09. The molecule has 0 saturated heterocycles. The van der Waals surface area contributed by atoms with E-state index in [2.05, 4.69) is 25.1 Å². The molecule has 0 bridgehead atoms. The highest BCUT2D eigenvalue weighted by molar-refractivity contribution is 6.01. The van der Waals surface area contributed by atoms with E-state index in [1.807, 2.05) is 0 Å². The molecule has 13 heteroatoms. The molecule has 2 N–H and O–H groups in total. The number of nitrogens with two attached hydrogens (primary N) is 1. The van der Waals surface area contributed by atoms with E-state index >= 15 is 0 Å². The highest BCUT2D eigenvalue weighted by atomic mass is 19.4. The Kier molecular flexibility index (Phi) is 5.66. The number of anilines is 1. The van der Waals surface area contributed by atoms with Crippen molar-refractivity contribution in [1.29, 1.82) is 0 Å². The minimum Gasteiger partial charge on any atom is -0.369 e. The lowest BCUT2D eigenvalue weighted by molar-refractivity contribution is -0.137. The van der Waals surface area contributed by atoms with Crippen molar-refractivity contribution in [3.63, 3.8) is 0 Å². The monoisotopic (exact) mass is 496 g/mol. The Morgan fingerprint density at radius 2 is 1.92 bits per heavy atom. The Balaban J connectivity index is 1.52. The number of halogens is 4. The zero-order chi connectivity index (χ0) is 25.4. The van der Waals surface area contributed by atoms with Crippen LogP contribution in [0.25, 0.3) is 16.6 Å². The number of hydrogen-bond donors (Lipinski definition) is 1. The fourth-order valence-electron chi connectivity index (χ4n) is 3.69. The van der Waals surface area contributed by atoms with Crippen LogP contribution >= 0.6 is 0 Å². The van der Waals surface area contributed by atoms with Crippen molar-refractivity contribution in [1.82, 2.24) is 34.4 Å². The minimum absolute atomic E-state index is 0.00663. The molecule has 0 fully saturated rings. The summed E-state index contributed by atoms with van der Waals surface area (Å²) in [5.41, 5.74) is 6.25. The maximum Gasteiger partial charge on any atom is 0.417 e. The highest BCUT2D eigenvalue weighted by Gasteiger charge is 2.31. The van der Waals surface area contributed by atoms with Crippen LogP contribution in [0.1, 0.15) is 27.3 Å². The van der Waals surface area contributed by atoms with Crippen molar-refractivity contribution in [2.75, 3.05) is 5.73 Å². The van der Waals surface area contributed by atoms with Gasteiger partial charge in [-0.3, -0.25) is 19.2 Å². The third-order valence-electron chi connectivity index (χ3n) is 5.48. The molecule has 0 aliphatic carbocycles. The van der Waals surface area contributed by atoms with Crippen molar-refractivity contribution in [3.05, 3.63) is 89.5 Å². The van der Waals surface area contributed by atoms with Gasteiger partial charge in [0.05, 0.1) is 35.6 Å². The summed E-state index contributed by atoms with van der Waals surface area (Å²) >= 11 is 0. The van der Waals surface area contributed by atoms with Gasteiger partial charge in [-0.2, -0.15) is 13.2 Å². The summed E-state index contributed by atoms with van der Waals surface area (Å²) in [6.45, 7) is -0.433. The Labute approximate surface area is 200 Å². The molecule has 182 valence electrons. The first kappa shape index (κ1) is 23.1. The molecule has 0 aliphatic heterocycles. The number of carbonyl (C=O) groups is 1. The smallest absolute Gasteiger partial charge is 0.369 e. The molecular weight excluding hydrogens is 480 g/mol. The molecule has 0 atom stereocenters. The van der Waals surface area contributed by atoms with Crippen molar-refractivity contribution < 1.29 is 22.4 Å². The van der Waals surface area contributed by atoms with Crippen molar-refractivity contribution in [2.45, 2.75) is 19.3 Å². The van der Waals surface area contributed by atoms with Crippen LogP contribution in [0.15, 0.2) is 61.2 Å². The van der Waals surface area contributed by atoms with Crippen LogP contribution in [-0.2, 0) is 19.3 Å². The van der Waals surface area contributed by atoms with Gasteiger partial charge in [0.25, 0.3) is 5.91 Å². The molecule has 4 aromatic heterocycles. The SMILES string of the molecule is Nc1nc2ccc(C(=O)N(Cc3ccc(C(F)(F)F)cn3)Cc3ncccc3F)cc2c2nncn12. The van der Waals surface area contributed by atoms with E-state index in [1.165, 1.54) is 46.1 Å². The van der Waals surface area contributed by atoms with E-state index in [1.54, 1.807) is 12.1 Å². The fraction of sp³-hybridized carbons (Fsp3) is 0.130. The number of aromatic nitrogens is 6. The van der Waals surface area contributed by atoms with E-state index in [0.29, 0.717) is 22.7 Å². The van der Waals surface area contributed by atoms with E-state index in [4.69, 9.17) is 5.73 Å². The van der Waals surface area contributed by atoms with Crippen LogP contribution in [0.4, 0.5) is 23.5 Å². The molecule has 5 rings (SSSR count). The molecule has 9 nitrogen and oxygen atoms in total. The van der Waals surface area contributed by atoms with Gasteiger partial charge in [0.2, 0.25) is 5.95 Å². The Hall–Kier alpha value is -4.68. The summed E-state index contributed by atoms with van der Waals surface area (Å²) in [5, 5.41) is 8.37. The minimum atomic E-state index is -4.55. The van der Waals surface area contributed by atoms with E-state index < -0.39 is 23.5 Å². The maximum absolute atomic E-state index is 14.3.